The number of hydrogen-bond acceptors (Lipinski definition) is 5. The standard InChI is InChI=1S/C24H36O2S3Si2/c1-17-9-11-21(27-17)23-19(13-15-25-30(3,4)5)20(14-16-26-31(6,7)8)24(29-23)22-12-10-18(2)28-22/h9-12H,13-16H2,1-8H3. The van der Waals surface area contributed by atoms with Gasteiger partial charge >= 0.3 is 0 Å². The molecule has 7 heteroatoms. The maximum Gasteiger partial charge on any atom is 0.183 e. The molecule has 3 aromatic rings. The third-order valence-electron chi connectivity index (χ3n) is 4.82. The number of rotatable bonds is 10. The monoisotopic (exact) mass is 508 g/mol. The topological polar surface area (TPSA) is 18.5 Å². The van der Waals surface area contributed by atoms with Crippen LogP contribution in [0.5, 0.6) is 0 Å². The summed E-state index contributed by atoms with van der Waals surface area (Å²) in [5.41, 5.74) is 2.95. The van der Waals surface area contributed by atoms with Gasteiger partial charge in [0.1, 0.15) is 0 Å². The summed E-state index contributed by atoms with van der Waals surface area (Å²) in [5, 5.41) is 0. The summed E-state index contributed by atoms with van der Waals surface area (Å²) >= 11 is 5.77. The van der Waals surface area contributed by atoms with E-state index in [1.165, 1.54) is 40.4 Å². The van der Waals surface area contributed by atoms with E-state index in [1.807, 2.05) is 34.0 Å². The Balaban J connectivity index is 2.04. The van der Waals surface area contributed by atoms with Crippen LogP contribution in [0.3, 0.4) is 0 Å². The van der Waals surface area contributed by atoms with Crippen LogP contribution in [0, 0.1) is 13.8 Å². The van der Waals surface area contributed by atoms with Crippen molar-refractivity contribution >= 4 is 50.6 Å². The highest BCUT2D eigenvalue weighted by atomic mass is 32.1. The summed E-state index contributed by atoms with van der Waals surface area (Å²) in [4.78, 5) is 8.37. The smallest absolute Gasteiger partial charge is 0.183 e. The molecule has 0 aliphatic rings. The van der Waals surface area contributed by atoms with Gasteiger partial charge in [-0.3, -0.25) is 0 Å². The van der Waals surface area contributed by atoms with Crippen LogP contribution in [-0.4, -0.2) is 29.8 Å². The quantitative estimate of drug-likeness (QED) is 0.255. The van der Waals surface area contributed by atoms with Crippen molar-refractivity contribution in [3.8, 4) is 19.5 Å². The Kier molecular flexibility index (Phi) is 8.22. The highest BCUT2D eigenvalue weighted by molar-refractivity contribution is 7.26. The van der Waals surface area contributed by atoms with Crippen molar-refractivity contribution in [3.63, 3.8) is 0 Å². The third-order valence-corrected chi connectivity index (χ3v) is 10.6. The maximum atomic E-state index is 6.29. The minimum absolute atomic E-state index is 0.800. The fraction of sp³-hybridized carbons (Fsp3) is 0.500. The first kappa shape index (κ1) is 25.1. The zero-order valence-corrected chi connectivity index (χ0v) is 24.6. The summed E-state index contributed by atoms with van der Waals surface area (Å²) in [6.45, 7) is 19.6. The van der Waals surface area contributed by atoms with Crippen LogP contribution in [0.1, 0.15) is 20.9 Å². The van der Waals surface area contributed by atoms with Gasteiger partial charge in [-0.2, -0.15) is 0 Å². The first-order valence-electron chi connectivity index (χ1n) is 11.0. The van der Waals surface area contributed by atoms with E-state index in [4.69, 9.17) is 8.85 Å². The molecular formula is C24H36O2S3Si2. The molecule has 0 atom stereocenters. The van der Waals surface area contributed by atoms with Gasteiger partial charge in [0.2, 0.25) is 0 Å². The molecular weight excluding hydrogens is 473 g/mol. The summed E-state index contributed by atoms with van der Waals surface area (Å²) in [7, 11) is -3.07. The number of hydrogen-bond donors (Lipinski definition) is 0. The van der Waals surface area contributed by atoms with Crippen molar-refractivity contribution in [3.05, 3.63) is 45.1 Å². The van der Waals surface area contributed by atoms with Crippen LogP contribution in [-0.2, 0) is 21.7 Å². The Bertz CT molecular complexity index is 924. The molecule has 0 bridgehead atoms. The zero-order valence-electron chi connectivity index (χ0n) is 20.2. The predicted octanol–water partition coefficient (Wildman–Crippen LogP) is 8.61. The first-order chi connectivity index (χ1) is 14.4. The minimum Gasteiger partial charge on any atom is -0.417 e. The van der Waals surface area contributed by atoms with Crippen molar-refractivity contribution in [2.75, 3.05) is 13.2 Å². The van der Waals surface area contributed by atoms with Crippen LogP contribution < -0.4 is 0 Å². The Hall–Kier alpha value is -0.546. The molecule has 0 amide bonds. The SMILES string of the molecule is Cc1ccc(-c2sc(-c3ccc(C)s3)c(CCO[Si](C)(C)C)c2CCO[Si](C)(C)C)s1. The first-order valence-corrected chi connectivity index (χ1v) is 20.3. The molecule has 0 radical (unpaired) electrons. The molecule has 0 spiro atoms. The lowest BCUT2D eigenvalue weighted by Crippen LogP contribution is -2.27. The molecule has 0 N–H and O–H groups in total. The molecule has 0 aliphatic heterocycles. The van der Waals surface area contributed by atoms with Gasteiger partial charge in [0.25, 0.3) is 0 Å². The Morgan fingerprint density at radius 1 is 0.613 bits per heavy atom. The molecule has 0 fully saturated rings. The molecule has 31 heavy (non-hydrogen) atoms. The van der Waals surface area contributed by atoms with Crippen LogP contribution in [0.4, 0.5) is 0 Å². The fourth-order valence-corrected chi connectivity index (χ4v) is 8.29. The van der Waals surface area contributed by atoms with Crippen molar-refractivity contribution < 1.29 is 8.85 Å². The minimum atomic E-state index is -1.54. The van der Waals surface area contributed by atoms with Crippen LogP contribution >= 0.6 is 34.0 Å². The molecule has 0 unspecified atom stereocenters. The lowest BCUT2D eigenvalue weighted by Gasteiger charge is -2.19. The maximum absolute atomic E-state index is 6.29. The van der Waals surface area contributed by atoms with E-state index in [9.17, 15) is 0 Å². The van der Waals surface area contributed by atoms with Crippen LogP contribution in [0.25, 0.3) is 19.5 Å². The highest BCUT2D eigenvalue weighted by Gasteiger charge is 2.24. The normalized spacial score (nSPS) is 12.6. The molecule has 3 heterocycles. The Labute approximate surface area is 202 Å². The largest absolute Gasteiger partial charge is 0.417 e. The van der Waals surface area contributed by atoms with Crippen molar-refractivity contribution in [2.45, 2.75) is 66.0 Å². The second-order valence-electron chi connectivity index (χ2n) is 9.96. The van der Waals surface area contributed by atoms with E-state index >= 15 is 0 Å². The molecule has 170 valence electrons. The molecule has 0 aliphatic carbocycles. The molecule has 2 nitrogen and oxygen atoms in total. The highest BCUT2D eigenvalue weighted by Crippen LogP contribution is 2.46. The third kappa shape index (κ3) is 7.22. The Morgan fingerprint density at radius 3 is 1.29 bits per heavy atom. The van der Waals surface area contributed by atoms with E-state index in [0.717, 1.165) is 26.1 Å². The Morgan fingerprint density at radius 2 is 1.00 bits per heavy atom. The van der Waals surface area contributed by atoms with Crippen LogP contribution in [0.15, 0.2) is 24.3 Å². The van der Waals surface area contributed by atoms with Gasteiger partial charge < -0.3 is 8.85 Å². The summed E-state index contributed by atoms with van der Waals surface area (Å²) in [6.07, 6.45) is 1.94. The summed E-state index contributed by atoms with van der Waals surface area (Å²) in [5.74, 6) is 0. The predicted molar refractivity (Wildman–Crippen MR) is 146 cm³/mol. The summed E-state index contributed by atoms with van der Waals surface area (Å²) in [6, 6.07) is 9.07. The molecule has 3 aromatic heterocycles. The molecule has 0 aromatic carbocycles. The van der Waals surface area contributed by atoms with Gasteiger partial charge in [-0.25, -0.2) is 0 Å². The van der Waals surface area contributed by atoms with E-state index in [0.29, 0.717) is 0 Å². The molecule has 0 saturated carbocycles. The van der Waals surface area contributed by atoms with Gasteiger partial charge in [0.05, 0.1) is 0 Å². The number of aryl methyl sites for hydroxylation is 2. The average molecular weight is 509 g/mol. The molecule has 0 saturated heterocycles. The van der Waals surface area contributed by atoms with Crippen molar-refractivity contribution in [1.82, 2.24) is 0 Å². The van der Waals surface area contributed by atoms with Gasteiger partial charge in [-0.15, -0.1) is 34.0 Å². The number of thiophene rings is 3. The van der Waals surface area contributed by atoms with Gasteiger partial charge in [-0.05, 0) is 101 Å². The lowest BCUT2D eigenvalue weighted by molar-refractivity contribution is 0.310. The summed E-state index contributed by atoms with van der Waals surface area (Å²) < 4.78 is 12.6. The van der Waals surface area contributed by atoms with Gasteiger partial charge in [-0.1, -0.05) is 0 Å². The zero-order chi connectivity index (χ0) is 22.8. The second-order valence-corrected chi connectivity index (χ2v) is 22.6. The fourth-order valence-electron chi connectivity index (χ4n) is 3.46. The van der Waals surface area contributed by atoms with E-state index in [2.05, 4.69) is 77.4 Å². The van der Waals surface area contributed by atoms with Crippen molar-refractivity contribution in [1.29, 1.82) is 0 Å². The van der Waals surface area contributed by atoms with E-state index in [-0.39, 0.29) is 0 Å². The van der Waals surface area contributed by atoms with Gasteiger partial charge in [0.15, 0.2) is 16.6 Å². The van der Waals surface area contributed by atoms with Gasteiger partial charge in [0, 0.05) is 42.5 Å². The molecule has 3 rings (SSSR count). The van der Waals surface area contributed by atoms with E-state index < -0.39 is 16.6 Å². The van der Waals surface area contributed by atoms with E-state index in [1.54, 1.807) is 0 Å². The second kappa shape index (κ2) is 10.2. The van der Waals surface area contributed by atoms with Crippen molar-refractivity contribution in [2.24, 2.45) is 0 Å². The van der Waals surface area contributed by atoms with Crippen LogP contribution in [0.2, 0.25) is 39.3 Å². The average Bonchev–Trinajstić information content (AvgIpc) is 3.32. The lowest BCUT2D eigenvalue weighted by atomic mass is 10.0.